The standard InChI is InChI=1S/C11H7NO4/c13-10-5-7-6(4-8(10)11(14)15)2-1-3-9(7)12-16/h1-5,13H,(H,14,15). The van der Waals surface area contributed by atoms with E-state index in [4.69, 9.17) is 5.11 Å². The fourth-order valence-electron chi connectivity index (χ4n) is 1.55. The van der Waals surface area contributed by atoms with Crippen LogP contribution in [0, 0.1) is 4.91 Å². The van der Waals surface area contributed by atoms with Crippen molar-refractivity contribution in [1.82, 2.24) is 0 Å². The Morgan fingerprint density at radius 1 is 1.25 bits per heavy atom. The first-order valence-corrected chi connectivity index (χ1v) is 4.46. The molecular weight excluding hydrogens is 210 g/mol. The summed E-state index contributed by atoms with van der Waals surface area (Å²) in [7, 11) is 0. The van der Waals surface area contributed by atoms with Gasteiger partial charge in [0.25, 0.3) is 0 Å². The van der Waals surface area contributed by atoms with Crippen LogP contribution in [0.3, 0.4) is 0 Å². The molecule has 0 spiro atoms. The van der Waals surface area contributed by atoms with Crippen LogP contribution in [-0.4, -0.2) is 16.2 Å². The second kappa shape index (κ2) is 3.62. The van der Waals surface area contributed by atoms with Crippen molar-refractivity contribution >= 4 is 22.4 Å². The van der Waals surface area contributed by atoms with Gasteiger partial charge in [0.1, 0.15) is 17.0 Å². The minimum Gasteiger partial charge on any atom is -0.507 e. The number of rotatable bonds is 2. The molecule has 0 fully saturated rings. The van der Waals surface area contributed by atoms with E-state index in [2.05, 4.69) is 5.18 Å². The fraction of sp³-hybridized carbons (Fsp3) is 0. The van der Waals surface area contributed by atoms with E-state index in [1.54, 1.807) is 12.1 Å². The summed E-state index contributed by atoms with van der Waals surface area (Å²) in [5.41, 5.74) is -0.0275. The predicted octanol–water partition coefficient (Wildman–Crippen LogP) is 2.64. The lowest BCUT2D eigenvalue weighted by Crippen LogP contribution is -1.96. The molecular formula is C11H7NO4. The summed E-state index contributed by atoms with van der Waals surface area (Å²) >= 11 is 0. The maximum atomic E-state index is 10.8. The predicted molar refractivity (Wildman–Crippen MR) is 58.0 cm³/mol. The van der Waals surface area contributed by atoms with Crippen LogP contribution in [0.25, 0.3) is 10.8 Å². The van der Waals surface area contributed by atoms with Gasteiger partial charge in [0.15, 0.2) is 0 Å². The number of hydrogen-bond acceptors (Lipinski definition) is 4. The Bertz CT molecular complexity index is 592. The first-order chi connectivity index (χ1) is 7.63. The molecule has 0 aromatic heterocycles. The van der Waals surface area contributed by atoms with Gasteiger partial charge in [-0.15, -0.1) is 4.91 Å². The van der Waals surface area contributed by atoms with E-state index >= 15 is 0 Å². The Hall–Kier alpha value is -2.43. The molecule has 5 heteroatoms. The summed E-state index contributed by atoms with van der Waals surface area (Å²) in [5.74, 6) is -1.60. The molecule has 2 aromatic carbocycles. The van der Waals surface area contributed by atoms with E-state index in [9.17, 15) is 14.8 Å². The Balaban J connectivity index is 2.83. The molecule has 0 heterocycles. The molecule has 0 saturated carbocycles. The maximum Gasteiger partial charge on any atom is 0.339 e. The molecule has 0 saturated heterocycles. The largest absolute Gasteiger partial charge is 0.507 e. The number of nitrogens with zero attached hydrogens (tertiary/aromatic N) is 1. The molecule has 0 atom stereocenters. The van der Waals surface area contributed by atoms with Gasteiger partial charge in [-0.3, -0.25) is 0 Å². The van der Waals surface area contributed by atoms with Gasteiger partial charge in [-0.25, -0.2) is 4.79 Å². The van der Waals surface area contributed by atoms with Crippen molar-refractivity contribution in [2.24, 2.45) is 5.18 Å². The number of aromatic hydroxyl groups is 1. The Labute approximate surface area is 89.9 Å². The third kappa shape index (κ3) is 1.48. The molecule has 0 amide bonds. The SMILES string of the molecule is O=Nc1cccc2cc(C(=O)O)c(O)cc12. The van der Waals surface area contributed by atoms with Gasteiger partial charge in [0.05, 0.1) is 0 Å². The molecule has 0 aliphatic heterocycles. The van der Waals surface area contributed by atoms with E-state index in [1.165, 1.54) is 18.2 Å². The normalized spacial score (nSPS) is 10.2. The number of hydrogen-bond donors (Lipinski definition) is 2. The number of aromatic carboxylic acids is 1. The number of phenols is 1. The van der Waals surface area contributed by atoms with Gasteiger partial charge >= 0.3 is 5.97 Å². The highest BCUT2D eigenvalue weighted by atomic mass is 16.4. The molecule has 0 unspecified atom stereocenters. The minimum absolute atomic E-state index is 0.171. The smallest absolute Gasteiger partial charge is 0.339 e. The Kier molecular flexibility index (Phi) is 2.28. The fourth-order valence-corrected chi connectivity index (χ4v) is 1.55. The van der Waals surface area contributed by atoms with Crippen LogP contribution in [0.15, 0.2) is 35.5 Å². The number of fused-ring (bicyclic) bond motifs is 1. The number of carboxylic acid groups (broad SMARTS) is 1. The van der Waals surface area contributed by atoms with Gasteiger partial charge in [0, 0.05) is 5.39 Å². The highest BCUT2D eigenvalue weighted by Crippen LogP contribution is 2.31. The van der Waals surface area contributed by atoms with Crippen LogP contribution < -0.4 is 0 Å². The summed E-state index contributed by atoms with van der Waals surface area (Å²) < 4.78 is 0. The molecule has 2 rings (SSSR count). The van der Waals surface area contributed by atoms with Gasteiger partial charge in [-0.1, -0.05) is 12.1 Å². The lowest BCUT2D eigenvalue weighted by atomic mass is 10.0. The molecule has 0 radical (unpaired) electrons. The number of carboxylic acids is 1. The first kappa shape index (κ1) is 10.1. The van der Waals surface area contributed by atoms with E-state index in [-0.39, 0.29) is 17.0 Å². The molecule has 0 bridgehead atoms. The molecule has 2 aromatic rings. The van der Waals surface area contributed by atoms with Gasteiger partial charge in [-0.05, 0) is 28.8 Å². The second-order valence-corrected chi connectivity index (χ2v) is 3.26. The van der Waals surface area contributed by atoms with Crippen LogP contribution >= 0.6 is 0 Å². The summed E-state index contributed by atoms with van der Waals surface area (Å²) in [5, 5.41) is 22.1. The van der Waals surface area contributed by atoms with Crippen LogP contribution in [0.5, 0.6) is 5.75 Å². The average molecular weight is 217 g/mol. The summed E-state index contributed by atoms with van der Waals surface area (Å²) in [6.45, 7) is 0. The summed E-state index contributed by atoms with van der Waals surface area (Å²) in [6, 6.07) is 7.28. The van der Waals surface area contributed by atoms with Gasteiger partial charge < -0.3 is 10.2 Å². The van der Waals surface area contributed by atoms with E-state index < -0.39 is 5.97 Å². The molecule has 0 aliphatic rings. The van der Waals surface area contributed by atoms with E-state index in [0.29, 0.717) is 10.8 Å². The monoisotopic (exact) mass is 217 g/mol. The molecule has 0 aliphatic carbocycles. The van der Waals surface area contributed by atoms with Crippen molar-refractivity contribution in [2.45, 2.75) is 0 Å². The zero-order valence-corrected chi connectivity index (χ0v) is 8.04. The van der Waals surface area contributed by atoms with Crippen LogP contribution in [-0.2, 0) is 0 Å². The van der Waals surface area contributed by atoms with Crippen LogP contribution in [0.1, 0.15) is 10.4 Å². The zero-order valence-electron chi connectivity index (χ0n) is 8.04. The lowest BCUT2D eigenvalue weighted by molar-refractivity contribution is 0.0694. The molecule has 5 nitrogen and oxygen atoms in total. The average Bonchev–Trinajstić information content (AvgIpc) is 2.27. The zero-order chi connectivity index (χ0) is 11.7. The summed E-state index contributed by atoms with van der Waals surface area (Å²) in [4.78, 5) is 21.3. The third-order valence-corrected chi connectivity index (χ3v) is 2.30. The highest BCUT2D eigenvalue weighted by molar-refractivity contribution is 6.01. The van der Waals surface area contributed by atoms with Crippen molar-refractivity contribution in [2.75, 3.05) is 0 Å². The van der Waals surface area contributed by atoms with Gasteiger partial charge in [-0.2, -0.15) is 0 Å². The van der Waals surface area contributed by atoms with E-state index in [1.807, 2.05) is 0 Å². The number of carbonyl (C=O) groups is 1. The van der Waals surface area contributed by atoms with E-state index in [0.717, 1.165) is 0 Å². The van der Waals surface area contributed by atoms with Crippen molar-refractivity contribution in [3.05, 3.63) is 40.8 Å². The number of nitroso groups, excluding NO2 is 1. The maximum absolute atomic E-state index is 10.8. The van der Waals surface area contributed by atoms with Crippen LogP contribution in [0.2, 0.25) is 0 Å². The second-order valence-electron chi connectivity index (χ2n) is 3.26. The molecule has 16 heavy (non-hydrogen) atoms. The third-order valence-electron chi connectivity index (χ3n) is 2.30. The first-order valence-electron chi connectivity index (χ1n) is 4.46. The lowest BCUT2D eigenvalue weighted by Gasteiger charge is -2.04. The van der Waals surface area contributed by atoms with Crippen molar-refractivity contribution in [3.8, 4) is 5.75 Å². The molecule has 80 valence electrons. The van der Waals surface area contributed by atoms with Crippen molar-refractivity contribution < 1.29 is 15.0 Å². The van der Waals surface area contributed by atoms with Gasteiger partial charge in [0.2, 0.25) is 0 Å². The highest BCUT2D eigenvalue weighted by Gasteiger charge is 2.12. The quantitative estimate of drug-likeness (QED) is 0.757. The summed E-state index contributed by atoms with van der Waals surface area (Å²) in [6.07, 6.45) is 0. The number of benzene rings is 2. The minimum atomic E-state index is -1.22. The topological polar surface area (TPSA) is 87.0 Å². The van der Waals surface area contributed by atoms with Crippen molar-refractivity contribution in [3.63, 3.8) is 0 Å². The van der Waals surface area contributed by atoms with Crippen molar-refractivity contribution in [1.29, 1.82) is 0 Å². The molecule has 2 N–H and O–H groups in total. The Morgan fingerprint density at radius 3 is 2.62 bits per heavy atom. The Morgan fingerprint density at radius 2 is 2.00 bits per heavy atom. The van der Waals surface area contributed by atoms with Crippen LogP contribution in [0.4, 0.5) is 5.69 Å².